The second-order valence-electron chi connectivity index (χ2n) is 6.90. The molecule has 0 aliphatic rings. The first-order chi connectivity index (χ1) is 14.4. The topological polar surface area (TPSA) is 79.3 Å². The van der Waals surface area contributed by atoms with Crippen LogP contribution in [0.4, 0.5) is 0 Å². The lowest BCUT2D eigenvalue weighted by Crippen LogP contribution is -2.25. The molecule has 0 saturated carbocycles. The Kier molecular flexibility index (Phi) is 5.61. The van der Waals surface area contributed by atoms with Gasteiger partial charge in [0.25, 0.3) is 11.5 Å². The number of hydrogen-bond donors (Lipinski definition) is 2. The minimum absolute atomic E-state index is 0.238. The second kappa shape index (κ2) is 8.34. The van der Waals surface area contributed by atoms with Gasteiger partial charge in [0.15, 0.2) is 5.65 Å². The number of aromatic nitrogens is 3. The molecule has 4 rings (SSSR count). The van der Waals surface area contributed by atoms with Crippen molar-refractivity contribution in [2.75, 3.05) is 0 Å². The molecule has 1 amide bonds. The van der Waals surface area contributed by atoms with Crippen LogP contribution in [0.25, 0.3) is 5.65 Å². The normalized spacial score (nSPS) is 11.0. The van der Waals surface area contributed by atoms with E-state index >= 15 is 0 Å². The van der Waals surface area contributed by atoms with Gasteiger partial charge in [0.2, 0.25) is 0 Å². The summed E-state index contributed by atoms with van der Waals surface area (Å²) in [5.74, 6) is -0.342. The van der Waals surface area contributed by atoms with Crippen molar-refractivity contribution >= 4 is 34.8 Å². The van der Waals surface area contributed by atoms with E-state index in [4.69, 9.17) is 23.2 Å². The molecule has 2 aromatic carbocycles. The predicted octanol–water partition coefficient (Wildman–Crippen LogP) is 4.16. The van der Waals surface area contributed by atoms with Crippen molar-refractivity contribution in [1.29, 1.82) is 0 Å². The fraction of sp³-hybridized carbons (Fsp3) is 0.136. The number of benzene rings is 2. The number of amides is 1. The maximum Gasteiger partial charge on any atom is 0.276 e. The monoisotopic (exact) mass is 440 g/mol. The van der Waals surface area contributed by atoms with Gasteiger partial charge in [0, 0.05) is 40.5 Å². The highest BCUT2D eigenvalue weighted by molar-refractivity contribution is 6.31. The van der Waals surface area contributed by atoms with E-state index in [1.165, 1.54) is 10.7 Å². The molecule has 152 valence electrons. The van der Waals surface area contributed by atoms with E-state index in [9.17, 15) is 9.59 Å². The number of aromatic amines is 1. The summed E-state index contributed by atoms with van der Waals surface area (Å²) in [5, 5.41) is 6.88. The highest BCUT2D eigenvalue weighted by Crippen LogP contribution is 2.17. The van der Waals surface area contributed by atoms with Crippen LogP contribution >= 0.6 is 23.2 Å². The summed E-state index contributed by atoms with van der Waals surface area (Å²) >= 11 is 12.1. The first-order valence-electron chi connectivity index (χ1n) is 9.29. The Hall–Kier alpha value is -3.09. The highest BCUT2D eigenvalue weighted by Gasteiger charge is 2.18. The Bertz CT molecular complexity index is 1290. The molecule has 0 radical (unpaired) electrons. The van der Waals surface area contributed by atoms with Crippen molar-refractivity contribution in [3.05, 3.63) is 103 Å². The van der Waals surface area contributed by atoms with E-state index in [2.05, 4.69) is 15.4 Å². The number of aryl methyl sites for hydroxylation is 1. The number of nitrogens with one attached hydrogen (secondary N) is 2. The Morgan fingerprint density at radius 1 is 1.13 bits per heavy atom. The number of rotatable bonds is 5. The van der Waals surface area contributed by atoms with Gasteiger partial charge in [-0.1, -0.05) is 53.5 Å². The molecule has 6 nitrogen and oxygen atoms in total. The molecular weight excluding hydrogens is 423 g/mol. The molecule has 0 aliphatic heterocycles. The van der Waals surface area contributed by atoms with E-state index in [1.54, 1.807) is 25.1 Å². The van der Waals surface area contributed by atoms with Gasteiger partial charge in [0.1, 0.15) is 5.56 Å². The standard InChI is InChI=1S/C22H18Cl2N4O2/c1-13-17(10-14-6-8-16(23)9-7-14)22(30)28-20(27-13)18(12-26-28)21(29)25-11-15-4-2-3-5-19(15)24/h2-9,12,26H,10-11H2,1H3,(H,25,29). The lowest BCUT2D eigenvalue weighted by molar-refractivity contribution is 0.0952. The summed E-state index contributed by atoms with van der Waals surface area (Å²) in [5.41, 5.74) is 3.23. The molecule has 2 aromatic heterocycles. The molecule has 0 bridgehead atoms. The minimum Gasteiger partial charge on any atom is -0.348 e. The van der Waals surface area contributed by atoms with E-state index in [0.717, 1.165) is 11.1 Å². The fourth-order valence-electron chi connectivity index (χ4n) is 3.25. The zero-order chi connectivity index (χ0) is 21.3. The van der Waals surface area contributed by atoms with Crippen LogP contribution in [0, 0.1) is 6.92 Å². The van der Waals surface area contributed by atoms with E-state index < -0.39 is 0 Å². The average molecular weight is 441 g/mol. The zero-order valence-electron chi connectivity index (χ0n) is 16.1. The molecule has 8 heteroatoms. The van der Waals surface area contributed by atoms with Crippen LogP contribution in [0.3, 0.4) is 0 Å². The summed E-state index contributed by atoms with van der Waals surface area (Å²) in [6.45, 7) is 2.04. The van der Waals surface area contributed by atoms with Crippen LogP contribution in [-0.4, -0.2) is 20.5 Å². The molecule has 0 aliphatic carbocycles. The molecule has 2 heterocycles. The number of halogens is 2. The minimum atomic E-state index is -0.342. The number of H-pyrrole nitrogens is 1. The smallest absolute Gasteiger partial charge is 0.276 e. The van der Waals surface area contributed by atoms with Gasteiger partial charge < -0.3 is 5.32 Å². The number of hydrogen-bond acceptors (Lipinski definition) is 3. The Morgan fingerprint density at radius 2 is 1.87 bits per heavy atom. The molecule has 0 spiro atoms. The SMILES string of the molecule is Cc1nc2c(C(=O)NCc3ccccc3Cl)c[nH]n2c(=O)c1Cc1ccc(Cl)cc1. The van der Waals surface area contributed by atoms with Crippen LogP contribution in [0.15, 0.2) is 59.5 Å². The summed E-state index contributed by atoms with van der Waals surface area (Å²) in [7, 11) is 0. The summed E-state index contributed by atoms with van der Waals surface area (Å²) < 4.78 is 1.29. The Morgan fingerprint density at radius 3 is 2.60 bits per heavy atom. The van der Waals surface area contributed by atoms with Crippen LogP contribution < -0.4 is 10.9 Å². The first kappa shape index (κ1) is 20.2. The lowest BCUT2D eigenvalue weighted by Gasteiger charge is -2.08. The highest BCUT2D eigenvalue weighted by atomic mass is 35.5. The maximum absolute atomic E-state index is 13.0. The largest absolute Gasteiger partial charge is 0.348 e. The molecule has 0 fully saturated rings. The van der Waals surface area contributed by atoms with Gasteiger partial charge in [-0.15, -0.1) is 0 Å². The quantitative estimate of drug-likeness (QED) is 0.488. The lowest BCUT2D eigenvalue weighted by atomic mass is 10.1. The Labute approximate surface area is 182 Å². The Balaban J connectivity index is 1.62. The number of carbonyl (C=O) groups excluding carboxylic acids is 1. The maximum atomic E-state index is 13.0. The molecule has 0 unspecified atom stereocenters. The third-order valence-electron chi connectivity index (χ3n) is 4.90. The van der Waals surface area contributed by atoms with Crippen LogP contribution in [0.5, 0.6) is 0 Å². The van der Waals surface area contributed by atoms with Gasteiger partial charge >= 0.3 is 0 Å². The summed E-state index contributed by atoms with van der Waals surface area (Å²) in [4.78, 5) is 30.2. The number of fused-ring (bicyclic) bond motifs is 1. The van der Waals surface area contributed by atoms with E-state index in [0.29, 0.717) is 33.3 Å². The van der Waals surface area contributed by atoms with Gasteiger partial charge in [-0.25, -0.2) is 9.50 Å². The van der Waals surface area contributed by atoms with Crippen molar-refractivity contribution < 1.29 is 4.79 Å². The summed E-state index contributed by atoms with van der Waals surface area (Å²) in [6, 6.07) is 14.6. The second-order valence-corrected chi connectivity index (χ2v) is 7.75. The van der Waals surface area contributed by atoms with Gasteiger partial charge in [-0.2, -0.15) is 0 Å². The van der Waals surface area contributed by atoms with Crippen molar-refractivity contribution in [3.63, 3.8) is 0 Å². The van der Waals surface area contributed by atoms with Crippen molar-refractivity contribution in [2.24, 2.45) is 0 Å². The van der Waals surface area contributed by atoms with E-state index in [1.807, 2.05) is 30.3 Å². The van der Waals surface area contributed by atoms with Crippen molar-refractivity contribution in [3.8, 4) is 0 Å². The predicted molar refractivity (Wildman–Crippen MR) is 117 cm³/mol. The molecule has 2 N–H and O–H groups in total. The third-order valence-corrected chi connectivity index (χ3v) is 5.52. The molecule has 0 atom stereocenters. The summed E-state index contributed by atoms with van der Waals surface area (Å²) in [6.07, 6.45) is 1.90. The van der Waals surface area contributed by atoms with Crippen LogP contribution in [-0.2, 0) is 13.0 Å². The van der Waals surface area contributed by atoms with E-state index in [-0.39, 0.29) is 23.7 Å². The third kappa shape index (κ3) is 3.97. The van der Waals surface area contributed by atoms with Crippen LogP contribution in [0.1, 0.15) is 32.7 Å². The average Bonchev–Trinajstić information content (AvgIpc) is 3.15. The van der Waals surface area contributed by atoms with Gasteiger partial charge in [0.05, 0.1) is 0 Å². The number of carbonyl (C=O) groups is 1. The number of nitrogens with zero attached hydrogens (tertiary/aromatic N) is 2. The molecule has 0 saturated heterocycles. The zero-order valence-corrected chi connectivity index (χ0v) is 17.6. The van der Waals surface area contributed by atoms with Gasteiger partial charge in [-0.05, 0) is 36.2 Å². The first-order valence-corrected chi connectivity index (χ1v) is 10.1. The molecule has 30 heavy (non-hydrogen) atoms. The van der Waals surface area contributed by atoms with Crippen molar-refractivity contribution in [2.45, 2.75) is 19.9 Å². The molecule has 4 aromatic rings. The van der Waals surface area contributed by atoms with Gasteiger partial charge in [-0.3, -0.25) is 14.7 Å². The molecular formula is C22H18Cl2N4O2. The van der Waals surface area contributed by atoms with Crippen molar-refractivity contribution in [1.82, 2.24) is 19.9 Å². The fourth-order valence-corrected chi connectivity index (χ4v) is 3.57. The van der Waals surface area contributed by atoms with Crippen LogP contribution in [0.2, 0.25) is 10.0 Å².